The summed E-state index contributed by atoms with van der Waals surface area (Å²) >= 11 is 0. The van der Waals surface area contributed by atoms with E-state index in [1.54, 1.807) is 0 Å². The highest BCUT2D eigenvalue weighted by Gasteiger charge is 2.29. The number of hydrogen-bond acceptors (Lipinski definition) is 3. The quantitative estimate of drug-likeness (QED) is 0.218. The number of rotatable bonds is 5. The van der Waals surface area contributed by atoms with Gasteiger partial charge in [0, 0.05) is 65.3 Å². The van der Waals surface area contributed by atoms with Crippen LogP contribution in [0, 0.1) is 0 Å². The van der Waals surface area contributed by atoms with E-state index in [-0.39, 0.29) is 29.9 Å². The lowest BCUT2D eigenvalue weighted by molar-refractivity contribution is -0.131. The Hall–Kier alpha value is -1.61. The van der Waals surface area contributed by atoms with E-state index in [4.69, 9.17) is 0 Å². The van der Waals surface area contributed by atoms with Crippen LogP contribution in [0.25, 0.3) is 0 Å². The van der Waals surface area contributed by atoms with Crippen molar-refractivity contribution in [3.63, 3.8) is 0 Å². The highest BCUT2D eigenvalue weighted by Crippen LogP contribution is 2.23. The summed E-state index contributed by atoms with van der Waals surface area (Å²) in [4.78, 5) is 23.8. The zero-order valence-corrected chi connectivity index (χ0v) is 19.5. The van der Waals surface area contributed by atoms with Crippen LogP contribution in [0.2, 0.25) is 0 Å². The predicted octanol–water partition coefficient (Wildman–Crippen LogP) is 2.45. The van der Waals surface area contributed by atoms with Crippen molar-refractivity contribution in [1.82, 2.24) is 20.0 Å². The first-order valence-electron chi connectivity index (χ1n) is 10.4. The second-order valence-electron chi connectivity index (χ2n) is 7.91. The van der Waals surface area contributed by atoms with Crippen molar-refractivity contribution in [1.29, 1.82) is 0 Å². The molecule has 3 aliphatic heterocycles. The van der Waals surface area contributed by atoms with Crippen molar-refractivity contribution in [2.75, 3.05) is 39.8 Å². The minimum atomic E-state index is 0. The van der Waals surface area contributed by atoms with Crippen LogP contribution in [-0.4, -0.2) is 72.4 Å². The van der Waals surface area contributed by atoms with Crippen LogP contribution in [0.1, 0.15) is 30.4 Å². The van der Waals surface area contributed by atoms with Gasteiger partial charge in [-0.05, 0) is 24.0 Å². The van der Waals surface area contributed by atoms with E-state index in [2.05, 4.69) is 44.4 Å². The fourth-order valence-electron chi connectivity index (χ4n) is 4.46. The molecule has 4 rings (SSSR count). The molecule has 1 amide bonds. The van der Waals surface area contributed by atoms with Crippen LogP contribution >= 0.6 is 24.0 Å². The number of fused-ring (bicyclic) bond motifs is 1. The zero-order valence-electron chi connectivity index (χ0n) is 17.2. The van der Waals surface area contributed by atoms with E-state index in [0.717, 1.165) is 58.2 Å². The molecule has 158 valence electrons. The van der Waals surface area contributed by atoms with Gasteiger partial charge >= 0.3 is 0 Å². The fraction of sp³-hybridized carbons (Fsp3) is 0.545. The number of carbonyl (C=O) groups excluding carboxylic acids is 1. The van der Waals surface area contributed by atoms with Crippen molar-refractivity contribution < 1.29 is 4.79 Å². The van der Waals surface area contributed by atoms with Crippen molar-refractivity contribution in [3.8, 4) is 0 Å². The third-order valence-electron chi connectivity index (χ3n) is 6.08. The largest absolute Gasteiger partial charge is 0.356 e. The third kappa shape index (κ3) is 5.31. The lowest BCUT2D eigenvalue weighted by Crippen LogP contribution is -2.43. The van der Waals surface area contributed by atoms with Crippen molar-refractivity contribution in [3.05, 3.63) is 47.5 Å². The Morgan fingerprint density at radius 1 is 1.14 bits per heavy atom. The van der Waals surface area contributed by atoms with Gasteiger partial charge in [-0.2, -0.15) is 0 Å². The second-order valence-corrected chi connectivity index (χ2v) is 7.91. The van der Waals surface area contributed by atoms with Crippen LogP contribution in [0.4, 0.5) is 0 Å². The lowest BCUT2D eigenvalue weighted by Gasteiger charge is -2.25. The van der Waals surface area contributed by atoms with Gasteiger partial charge in [-0.1, -0.05) is 36.4 Å². The summed E-state index contributed by atoms with van der Waals surface area (Å²) < 4.78 is 0. The van der Waals surface area contributed by atoms with Crippen LogP contribution in [0.5, 0.6) is 0 Å². The predicted molar refractivity (Wildman–Crippen MR) is 127 cm³/mol. The van der Waals surface area contributed by atoms with E-state index in [1.807, 2.05) is 24.1 Å². The van der Waals surface area contributed by atoms with Crippen LogP contribution < -0.4 is 5.32 Å². The summed E-state index contributed by atoms with van der Waals surface area (Å²) in [6.07, 6.45) is 7.12. The standard InChI is InChI=1S/C22H31N5O.HI/c1-23-22(26-14-10-20(17-26)25-12-4-5-13-25)24-11-6-9-21(28)27-15-18-7-2-3-8-19(18)16-27;/h2-5,7-8,20H,6,9-17H2,1H3,(H,23,24);1H. The van der Waals surface area contributed by atoms with Crippen LogP contribution in [-0.2, 0) is 17.9 Å². The Morgan fingerprint density at radius 2 is 1.83 bits per heavy atom. The molecule has 0 radical (unpaired) electrons. The lowest BCUT2D eigenvalue weighted by atomic mass is 10.1. The molecule has 1 N–H and O–H groups in total. The highest BCUT2D eigenvalue weighted by atomic mass is 127. The van der Waals surface area contributed by atoms with Gasteiger partial charge in [0.15, 0.2) is 5.96 Å². The van der Waals surface area contributed by atoms with E-state index in [0.29, 0.717) is 12.5 Å². The maximum atomic E-state index is 12.5. The maximum absolute atomic E-state index is 12.5. The Morgan fingerprint density at radius 3 is 2.48 bits per heavy atom. The normalized spacial score (nSPS) is 21.4. The maximum Gasteiger partial charge on any atom is 0.223 e. The number of likely N-dealkylation sites (tertiary alicyclic amines) is 1. The highest BCUT2D eigenvalue weighted by molar-refractivity contribution is 14.0. The fourth-order valence-corrected chi connectivity index (χ4v) is 4.46. The minimum absolute atomic E-state index is 0. The van der Waals surface area contributed by atoms with Crippen molar-refractivity contribution in [2.45, 2.75) is 38.4 Å². The van der Waals surface area contributed by atoms with Gasteiger partial charge in [-0.25, -0.2) is 0 Å². The molecule has 0 spiro atoms. The number of halogens is 1. The van der Waals surface area contributed by atoms with Gasteiger partial charge in [0.1, 0.15) is 0 Å². The number of amides is 1. The van der Waals surface area contributed by atoms with E-state index >= 15 is 0 Å². The molecule has 1 fully saturated rings. The molecule has 3 heterocycles. The van der Waals surface area contributed by atoms with Gasteiger partial charge in [0.05, 0.1) is 0 Å². The summed E-state index contributed by atoms with van der Waals surface area (Å²) in [5.74, 6) is 1.21. The molecule has 1 atom stereocenters. The molecule has 3 aliphatic rings. The molecule has 0 saturated carbocycles. The van der Waals surface area contributed by atoms with Crippen LogP contribution in [0.15, 0.2) is 41.4 Å². The van der Waals surface area contributed by atoms with Crippen molar-refractivity contribution >= 4 is 35.8 Å². The Balaban J connectivity index is 0.00000240. The van der Waals surface area contributed by atoms with Gasteiger partial charge in [-0.15, -0.1) is 24.0 Å². The summed E-state index contributed by atoms with van der Waals surface area (Å²) in [7, 11) is 1.85. The monoisotopic (exact) mass is 509 g/mol. The first kappa shape index (κ1) is 22.1. The molecule has 1 saturated heterocycles. The number of benzene rings is 1. The van der Waals surface area contributed by atoms with Gasteiger partial charge in [0.25, 0.3) is 0 Å². The number of hydrogen-bond donors (Lipinski definition) is 1. The average Bonchev–Trinajstić information content (AvgIpc) is 3.47. The Bertz CT molecular complexity index is 732. The summed E-state index contributed by atoms with van der Waals surface area (Å²) in [6.45, 7) is 6.53. The molecule has 1 aromatic rings. The average molecular weight is 509 g/mol. The molecule has 7 heteroatoms. The number of nitrogens with one attached hydrogen (secondary N) is 1. The number of carbonyl (C=O) groups is 1. The molecule has 0 aliphatic carbocycles. The number of guanidine groups is 1. The topological polar surface area (TPSA) is 51.2 Å². The summed E-state index contributed by atoms with van der Waals surface area (Å²) in [5.41, 5.74) is 2.57. The van der Waals surface area contributed by atoms with Gasteiger partial charge < -0.3 is 15.1 Å². The molecule has 1 unspecified atom stereocenters. The smallest absolute Gasteiger partial charge is 0.223 e. The molecular weight excluding hydrogens is 477 g/mol. The Labute approximate surface area is 191 Å². The Kier molecular flexibility index (Phi) is 7.94. The SMILES string of the molecule is CN=C(NCCCC(=O)N1Cc2ccccc2C1)N1CCC(N2CC=CC2)C1.I. The van der Waals surface area contributed by atoms with Gasteiger partial charge in [0.2, 0.25) is 5.91 Å². The molecule has 0 aromatic heterocycles. The molecule has 6 nitrogen and oxygen atoms in total. The van der Waals surface area contributed by atoms with E-state index in [9.17, 15) is 4.79 Å². The minimum Gasteiger partial charge on any atom is -0.356 e. The molecule has 29 heavy (non-hydrogen) atoms. The van der Waals surface area contributed by atoms with Gasteiger partial charge in [-0.3, -0.25) is 14.7 Å². The third-order valence-corrected chi connectivity index (χ3v) is 6.08. The van der Waals surface area contributed by atoms with E-state index < -0.39 is 0 Å². The second kappa shape index (κ2) is 10.4. The summed E-state index contributed by atoms with van der Waals surface area (Å²) in [6, 6.07) is 8.95. The number of nitrogens with zero attached hydrogens (tertiary/aromatic N) is 4. The van der Waals surface area contributed by atoms with Crippen LogP contribution in [0.3, 0.4) is 0 Å². The first-order chi connectivity index (χ1) is 13.7. The zero-order chi connectivity index (χ0) is 19.3. The number of aliphatic imine (C=N–C) groups is 1. The first-order valence-corrected chi connectivity index (χ1v) is 10.4. The molecule has 1 aromatic carbocycles. The molecule has 0 bridgehead atoms. The van der Waals surface area contributed by atoms with Crippen molar-refractivity contribution in [2.24, 2.45) is 4.99 Å². The summed E-state index contributed by atoms with van der Waals surface area (Å²) in [5, 5.41) is 3.46. The molecular formula is C22H32IN5O. The van der Waals surface area contributed by atoms with E-state index in [1.165, 1.54) is 17.5 Å².